The lowest BCUT2D eigenvalue weighted by Gasteiger charge is -2.27. The fourth-order valence-electron chi connectivity index (χ4n) is 2.67. The van der Waals surface area contributed by atoms with E-state index >= 15 is 0 Å². The zero-order valence-corrected chi connectivity index (χ0v) is 15.0. The molecule has 1 fully saturated rings. The van der Waals surface area contributed by atoms with Gasteiger partial charge in [-0.05, 0) is 43.7 Å². The molecule has 0 aromatic heterocycles. The van der Waals surface area contributed by atoms with E-state index < -0.39 is 16.0 Å². The number of esters is 1. The predicted molar refractivity (Wildman–Crippen MR) is 91.6 cm³/mol. The molecule has 1 aromatic rings. The van der Waals surface area contributed by atoms with E-state index in [-0.39, 0.29) is 4.90 Å². The first-order valence-electron chi connectivity index (χ1n) is 8.06. The Morgan fingerprint density at radius 3 is 2.67 bits per heavy atom. The summed E-state index contributed by atoms with van der Waals surface area (Å²) < 4.78 is 32.0. The number of piperazine rings is 1. The Balaban J connectivity index is 1.90. The zero-order valence-electron chi connectivity index (χ0n) is 14.2. The molecule has 0 amide bonds. The van der Waals surface area contributed by atoms with Gasteiger partial charge in [-0.2, -0.15) is 0 Å². The Bertz CT molecular complexity index is 670. The summed E-state index contributed by atoms with van der Waals surface area (Å²) in [4.78, 5) is 14.0. The molecule has 8 heteroatoms. The van der Waals surface area contributed by atoms with Gasteiger partial charge in [0.2, 0.25) is 10.0 Å². The van der Waals surface area contributed by atoms with Crippen LogP contribution in [0.25, 0.3) is 0 Å². The first kappa shape index (κ1) is 18.9. The molecule has 1 heterocycles. The van der Waals surface area contributed by atoms with Crippen LogP contribution in [0.5, 0.6) is 0 Å². The van der Waals surface area contributed by atoms with Gasteiger partial charge >= 0.3 is 5.97 Å². The van der Waals surface area contributed by atoms with E-state index in [2.05, 4.69) is 19.7 Å². The molecule has 1 aromatic carbocycles. The van der Waals surface area contributed by atoms with E-state index in [4.69, 9.17) is 0 Å². The van der Waals surface area contributed by atoms with Gasteiger partial charge in [-0.3, -0.25) is 0 Å². The normalized spacial score (nSPS) is 16.1. The van der Waals surface area contributed by atoms with Crippen molar-refractivity contribution in [1.29, 1.82) is 0 Å². The third-order valence-electron chi connectivity index (χ3n) is 4.07. The van der Waals surface area contributed by atoms with Crippen LogP contribution in [-0.2, 0) is 14.8 Å². The van der Waals surface area contributed by atoms with Crippen LogP contribution in [-0.4, -0.2) is 65.7 Å². The molecule has 0 spiro atoms. The molecule has 1 saturated heterocycles. The summed E-state index contributed by atoms with van der Waals surface area (Å²) in [6.45, 7) is 6.93. The molecule has 2 rings (SSSR count). The molecule has 0 bridgehead atoms. The lowest BCUT2D eigenvalue weighted by atomic mass is 10.1. The fourth-order valence-corrected chi connectivity index (χ4v) is 3.83. The van der Waals surface area contributed by atoms with Crippen LogP contribution in [0.2, 0.25) is 0 Å². The molecule has 1 aliphatic rings. The van der Waals surface area contributed by atoms with Gasteiger partial charge < -0.3 is 15.0 Å². The number of sulfonamides is 1. The summed E-state index contributed by atoms with van der Waals surface area (Å²) >= 11 is 0. The van der Waals surface area contributed by atoms with E-state index in [1.165, 1.54) is 25.3 Å². The highest BCUT2D eigenvalue weighted by atomic mass is 32.2. The van der Waals surface area contributed by atoms with Crippen molar-refractivity contribution in [3.63, 3.8) is 0 Å². The van der Waals surface area contributed by atoms with Crippen molar-refractivity contribution in [3.8, 4) is 0 Å². The monoisotopic (exact) mass is 355 g/mol. The number of carbonyl (C=O) groups excluding carboxylic acids is 1. The lowest BCUT2D eigenvalue weighted by molar-refractivity contribution is 0.0600. The van der Waals surface area contributed by atoms with Crippen LogP contribution in [0.4, 0.5) is 0 Å². The highest BCUT2D eigenvalue weighted by molar-refractivity contribution is 7.89. The summed E-state index contributed by atoms with van der Waals surface area (Å²) in [5.74, 6) is -0.472. The van der Waals surface area contributed by atoms with E-state index in [9.17, 15) is 13.2 Å². The van der Waals surface area contributed by atoms with Gasteiger partial charge in [0.05, 0.1) is 17.6 Å². The van der Waals surface area contributed by atoms with Crippen molar-refractivity contribution >= 4 is 16.0 Å². The van der Waals surface area contributed by atoms with Gasteiger partial charge in [0.15, 0.2) is 0 Å². The molecule has 24 heavy (non-hydrogen) atoms. The number of aryl methyl sites for hydroxylation is 1. The van der Waals surface area contributed by atoms with Crippen molar-refractivity contribution in [2.45, 2.75) is 18.2 Å². The SMILES string of the molecule is COC(=O)c1ccc(S(=O)(=O)NCCCN2CCNCC2)cc1C. The minimum absolute atomic E-state index is 0.162. The quantitative estimate of drug-likeness (QED) is 0.542. The van der Waals surface area contributed by atoms with Crippen LogP contribution in [0.1, 0.15) is 22.3 Å². The average Bonchev–Trinajstić information content (AvgIpc) is 2.59. The molecule has 0 aliphatic carbocycles. The van der Waals surface area contributed by atoms with E-state index in [1.54, 1.807) is 6.92 Å². The van der Waals surface area contributed by atoms with Crippen molar-refractivity contribution in [2.24, 2.45) is 0 Å². The average molecular weight is 355 g/mol. The van der Waals surface area contributed by atoms with Crippen LogP contribution in [0, 0.1) is 6.92 Å². The number of hydrogen-bond acceptors (Lipinski definition) is 6. The number of nitrogens with zero attached hydrogens (tertiary/aromatic N) is 1. The van der Waals surface area contributed by atoms with E-state index in [0.29, 0.717) is 17.7 Å². The topological polar surface area (TPSA) is 87.7 Å². The maximum atomic E-state index is 12.3. The Hall–Kier alpha value is -1.48. The van der Waals surface area contributed by atoms with Crippen LogP contribution < -0.4 is 10.0 Å². The highest BCUT2D eigenvalue weighted by Gasteiger charge is 2.17. The first-order valence-corrected chi connectivity index (χ1v) is 9.54. The summed E-state index contributed by atoms with van der Waals surface area (Å²) in [6, 6.07) is 4.40. The van der Waals surface area contributed by atoms with E-state index in [1.807, 2.05) is 0 Å². The Morgan fingerprint density at radius 2 is 2.04 bits per heavy atom. The number of rotatable bonds is 7. The van der Waals surface area contributed by atoms with Crippen molar-refractivity contribution in [1.82, 2.24) is 14.9 Å². The van der Waals surface area contributed by atoms with Gasteiger partial charge in [-0.1, -0.05) is 0 Å². The number of carbonyl (C=O) groups is 1. The Kier molecular flexibility index (Phi) is 6.73. The summed E-state index contributed by atoms with van der Waals surface area (Å²) in [6.07, 6.45) is 0.762. The number of hydrogen-bond donors (Lipinski definition) is 2. The summed E-state index contributed by atoms with van der Waals surface area (Å²) in [5, 5.41) is 3.29. The smallest absolute Gasteiger partial charge is 0.338 e. The maximum Gasteiger partial charge on any atom is 0.338 e. The van der Waals surface area contributed by atoms with Gasteiger partial charge in [0.1, 0.15) is 0 Å². The Labute approximate surface area is 143 Å². The second-order valence-electron chi connectivity index (χ2n) is 5.81. The van der Waals surface area contributed by atoms with Crippen LogP contribution >= 0.6 is 0 Å². The van der Waals surface area contributed by atoms with Gasteiger partial charge in [-0.25, -0.2) is 17.9 Å². The molecular weight excluding hydrogens is 330 g/mol. The van der Waals surface area contributed by atoms with Crippen molar-refractivity contribution in [3.05, 3.63) is 29.3 Å². The third-order valence-corrected chi connectivity index (χ3v) is 5.52. The van der Waals surface area contributed by atoms with Crippen LogP contribution in [0.3, 0.4) is 0 Å². The number of nitrogens with one attached hydrogen (secondary N) is 2. The first-order chi connectivity index (χ1) is 11.4. The minimum atomic E-state index is -3.57. The summed E-state index contributed by atoms with van der Waals surface area (Å²) in [5.41, 5.74) is 0.945. The molecule has 7 nitrogen and oxygen atoms in total. The molecule has 2 N–H and O–H groups in total. The van der Waals surface area contributed by atoms with E-state index in [0.717, 1.165) is 39.1 Å². The molecule has 1 aliphatic heterocycles. The second-order valence-corrected chi connectivity index (χ2v) is 7.58. The maximum absolute atomic E-state index is 12.3. The lowest BCUT2D eigenvalue weighted by Crippen LogP contribution is -2.44. The van der Waals surface area contributed by atoms with Gasteiger partial charge in [0, 0.05) is 32.7 Å². The zero-order chi connectivity index (χ0) is 17.6. The number of methoxy groups -OCH3 is 1. The second kappa shape index (κ2) is 8.57. The largest absolute Gasteiger partial charge is 0.465 e. The third kappa shape index (κ3) is 5.01. The standard InChI is InChI=1S/C16H25N3O4S/c1-13-12-14(4-5-15(13)16(20)23-2)24(21,22)18-6-3-9-19-10-7-17-8-11-19/h4-5,12,17-18H,3,6-11H2,1-2H3. The molecule has 134 valence electrons. The number of benzene rings is 1. The minimum Gasteiger partial charge on any atom is -0.465 e. The van der Waals surface area contributed by atoms with Gasteiger partial charge in [0.25, 0.3) is 0 Å². The molecule has 0 radical (unpaired) electrons. The Morgan fingerprint density at radius 1 is 1.33 bits per heavy atom. The molecular formula is C16H25N3O4S. The van der Waals surface area contributed by atoms with Crippen LogP contribution in [0.15, 0.2) is 23.1 Å². The van der Waals surface area contributed by atoms with Crippen molar-refractivity contribution in [2.75, 3.05) is 46.4 Å². The highest BCUT2D eigenvalue weighted by Crippen LogP contribution is 2.16. The van der Waals surface area contributed by atoms with Crippen molar-refractivity contribution < 1.29 is 17.9 Å². The predicted octanol–water partition coefficient (Wildman–Crippen LogP) is 0.355. The molecule has 0 saturated carbocycles. The molecule has 0 unspecified atom stereocenters. The summed E-state index contributed by atoms with van der Waals surface area (Å²) in [7, 11) is -2.27. The fraction of sp³-hybridized carbons (Fsp3) is 0.562. The number of ether oxygens (including phenoxy) is 1. The van der Waals surface area contributed by atoms with Gasteiger partial charge in [-0.15, -0.1) is 0 Å². The molecule has 0 atom stereocenters.